The Kier molecular flexibility index (Phi) is 2.11. The van der Waals surface area contributed by atoms with E-state index in [0.29, 0.717) is 10.2 Å². The molecule has 0 unspecified atom stereocenters. The first-order valence-corrected chi connectivity index (χ1v) is 4.15. The van der Waals surface area contributed by atoms with Gasteiger partial charge in [-0.25, -0.2) is 0 Å². The molecule has 0 spiro atoms. The topological polar surface area (TPSA) is 67.4 Å². The fourth-order valence-electron chi connectivity index (χ4n) is 1.35. The van der Waals surface area contributed by atoms with Crippen molar-refractivity contribution < 1.29 is 14.8 Å². The van der Waals surface area contributed by atoms with Crippen LogP contribution in [0, 0.1) is 5.21 Å². The molecule has 4 nitrogen and oxygen atoms in total. The van der Waals surface area contributed by atoms with Gasteiger partial charge >= 0.3 is 7.12 Å². The lowest BCUT2D eigenvalue weighted by atomic mass is 9.79. The zero-order valence-corrected chi connectivity index (χ0v) is 7.29. The molecular weight excluding hydrogens is 181 g/mol. The van der Waals surface area contributed by atoms with E-state index < -0.39 is 7.12 Å². The van der Waals surface area contributed by atoms with E-state index in [4.69, 9.17) is 10.0 Å². The molecule has 5 heteroatoms. The molecule has 1 heterocycles. The van der Waals surface area contributed by atoms with Crippen LogP contribution in [-0.2, 0) is 0 Å². The lowest BCUT2D eigenvalue weighted by Gasteiger charge is -2.02. The summed E-state index contributed by atoms with van der Waals surface area (Å²) in [5.41, 5.74) is 0.418. The highest BCUT2D eigenvalue weighted by molar-refractivity contribution is 6.58. The normalized spacial score (nSPS) is 10.4. The number of fused-ring (bicyclic) bond motifs is 1. The second-order valence-corrected chi connectivity index (χ2v) is 3.07. The molecule has 1 aromatic heterocycles. The van der Waals surface area contributed by atoms with Crippen LogP contribution in [0.4, 0.5) is 0 Å². The van der Waals surface area contributed by atoms with Crippen LogP contribution in [0.25, 0.3) is 10.8 Å². The third-order valence-electron chi connectivity index (χ3n) is 2.08. The molecule has 14 heavy (non-hydrogen) atoms. The second-order valence-electron chi connectivity index (χ2n) is 3.07. The average molecular weight is 189 g/mol. The number of nitrogens with zero attached hydrogens (tertiary/aromatic N) is 1. The number of hydrogen-bond acceptors (Lipinski definition) is 3. The van der Waals surface area contributed by atoms with Gasteiger partial charge in [-0.2, -0.15) is 4.73 Å². The second kappa shape index (κ2) is 3.28. The van der Waals surface area contributed by atoms with Crippen LogP contribution >= 0.6 is 0 Å². The van der Waals surface area contributed by atoms with Crippen molar-refractivity contribution in [3.05, 3.63) is 41.9 Å². The molecule has 0 saturated heterocycles. The summed E-state index contributed by atoms with van der Waals surface area (Å²) < 4.78 is 0.706. The van der Waals surface area contributed by atoms with Gasteiger partial charge in [0.05, 0.1) is 0 Å². The van der Waals surface area contributed by atoms with Crippen molar-refractivity contribution in [2.45, 2.75) is 0 Å². The Morgan fingerprint density at radius 3 is 2.64 bits per heavy atom. The van der Waals surface area contributed by atoms with Gasteiger partial charge in [-0.1, -0.05) is 12.1 Å². The van der Waals surface area contributed by atoms with Crippen molar-refractivity contribution in [3.63, 3.8) is 0 Å². The molecule has 0 aliphatic carbocycles. The van der Waals surface area contributed by atoms with E-state index in [1.54, 1.807) is 24.3 Å². The molecule has 2 aromatic rings. The Labute approximate surface area is 80.8 Å². The SMILES string of the molecule is [O-][n+]1ccc2cc(B(O)O)ccc2c1. The summed E-state index contributed by atoms with van der Waals surface area (Å²) in [4.78, 5) is 0. The maximum absolute atomic E-state index is 10.9. The minimum Gasteiger partial charge on any atom is -0.619 e. The first-order chi connectivity index (χ1) is 6.66. The Hall–Kier alpha value is -1.59. The summed E-state index contributed by atoms with van der Waals surface area (Å²) in [6.07, 6.45) is 2.80. The van der Waals surface area contributed by atoms with E-state index in [-0.39, 0.29) is 0 Å². The van der Waals surface area contributed by atoms with E-state index >= 15 is 0 Å². The number of aromatic nitrogens is 1. The van der Waals surface area contributed by atoms with Crippen LogP contribution in [0.15, 0.2) is 36.7 Å². The van der Waals surface area contributed by atoms with Gasteiger partial charge in [-0.3, -0.25) is 0 Å². The van der Waals surface area contributed by atoms with Crippen molar-refractivity contribution in [1.29, 1.82) is 0 Å². The first-order valence-electron chi connectivity index (χ1n) is 4.15. The van der Waals surface area contributed by atoms with Crippen LogP contribution in [0.3, 0.4) is 0 Å². The summed E-state index contributed by atoms with van der Waals surface area (Å²) in [5, 5.41) is 30.4. The number of rotatable bonds is 1. The lowest BCUT2D eigenvalue weighted by Crippen LogP contribution is -2.30. The Bertz CT molecular complexity index is 473. The van der Waals surface area contributed by atoms with Crippen molar-refractivity contribution in [3.8, 4) is 0 Å². The Morgan fingerprint density at radius 2 is 1.93 bits per heavy atom. The van der Waals surface area contributed by atoms with E-state index in [1.165, 1.54) is 12.4 Å². The molecule has 0 aliphatic rings. The van der Waals surface area contributed by atoms with Crippen LogP contribution in [0.2, 0.25) is 0 Å². The summed E-state index contributed by atoms with van der Waals surface area (Å²) in [5.74, 6) is 0. The Morgan fingerprint density at radius 1 is 1.14 bits per heavy atom. The predicted molar refractivity (Wildman–Crippen MR) is 52.7 cm³/mol. The molecule has 0 aliphatic heterocycles. The molecule has 0 radical (unpaired) electrons. The van der Waals surface area contributed by atoms with Gasteiger partial charge < -0.3 is 15.3 Å². The molecule has 0 fully saturated rings. The highest BCUT2D eigenvalue weighted by atomic mass is 16.5. The van der Waals surface area contributed by atoms with Gasteiger partial charge in [0, 0.05) is 11.5 Å². The Balaban J connectivity index is 2.62. The van der Waals surface area contributed by atoms with Crippen LogP contribution in [0.1, 0.15) is 0 Å². The fourth-order valence-corrected chi connectivity index (χ4v) is 1.35. The number of benzene rings is 1. The first kappa shape index (κ1) is 8.99. The summed E-state index contributed by atoms with van der Waals surface area (Å²) in [6.45, 7) is 0. The van der Waals surface area contributed by atoms with Crippen LogP contribution in [-0.4, -0.2) is 17.2 Å². The lowest BCUT2D eigenvalue weighted by molar-refractivity contribution is -0.603. The third kappa shape index (κ3) is 1.55. The zero-order valence-electron chi connectivity index (χ0n) is 7.29. The third-order valence-corrected chi connectivity index (χ3v) is 2.08. The average Bonchev–Trinajstić information content (AvgIpc) is 2.16. The van der Waals surface area contributed by atoms with Gasteiger partial charge in [-0.15, -0.1) is 0 Å². The maximum Gasteiger partial charge on any atom is 0.488 e. The van der Waals surface area contributed by atoms with Crippen molar-refractivity contribution in [2.75, 3.05) is 0 Å². The van der Waals surface area contributed by atoms with E-state index in [9.17, 15) is 5.21 Å². The summed E-state index contributed by atoms with van der Waals surface area (Å²) in [7, 11) is -1.47. The molecule has 0 amide bonds. The fraction of sp³-hybridized carbons (Fsp3) is 0. The molecule has 1 aromatic carbocycles. The standard InChI is InChI=1S/C9H8BNO3/c12-10(13)9-2-1-8-6-11(14)4-3-7(8)5-9/h1-6,12-13H. The van der Waals surface area contributed by atoms with E-state index in [2.05, 4.69) is 0 Å². The molecule has 2 N–H and O–H groups in total. The predicted octanol–water partition coefficient (Wildman–Crippen LogP) is -0.847. The van der Waals surface area contributed by atoms with Crippen molar-refractivity contribution in [1.82, 2.24) is 0 Å². The van der Waals surface area contributed by atoms with Gasteiger partial charge in [0.1, 0.15) is 0 Å². The smallest absolute Gasteiger partial charge is 0.488 e. The molecule has 0 saturated carbocycles. The molecule has 0 bridgehead atoms. The van der Waals surface area contributed by atoms with Crippen molar-refractivity contribution in [2.24, 2.45) is 0 Å². The molecular formula is C9H8BNO3. The molecule has 0 atom stereocenters. The maximum atomic E-state index is 10.9. The van der Waals surface area contributed by atoms with Gasteiger partial charge in [0.15, 0.2) is 12.4 Å². The van der Waals surface area contributed by atoms with Crippen LogP contribution in [0.5, 0.6) is 0 Å². The summed E-state index contributed by atoms with van der Waals surface area (Å²) >= 11 is 0. The van der Waals surface area contributed by atoms with Gasteiger partial charge in [0.2, 0.25) is 0 Å². The van der Waals surface area contributed by atoms with Crippen LogP contribution < -0.4 is 10.2 Å². The number of pyridine rings is 1. The molecule has 2 rings (SSSR count). The largest absolute Gasteiger partial charge is 0.619 e. The van der Waals surface area contributed by atoms with Crippen molar-refractivity contribution >= 4 is 23.4 Å². The minimum atomic E-state index is -1.47. The van der Waals surface area contributed by atoms with Gasteiger partial charge in [0.25, 0.3) is 0 Å². The highest BCUT2D eigenvalue weighted by Gasteiger charge is 2.11. The van der Waals surface area contributed by atoms with Gasteiger partial charge in [-0.05, 0) is 16.9 Å². The monoisotopic (exact) mass is 189 g/mol. The summed E-state index contributed by atoms with van der Waals surface area (Å²) in [6, 6.07) is 6.53. The minimum absolute atomic E-state index is 0.418. The number of hydrogen-bond donors (Lipinski definition) is 2. The van der Waals surface area contributed by atoms with E-state index in [1.807, 2.05) is 0 Å². The zero-order chi connectivity index (χ0) is 10.1. The molecule has 70 valence electrons. The quantitative estimate of drug-likeness (QED) is 0.349. The highest BCUT2D eigenvalue weighted by Crippen LogP contribution is 2.08. The van der Waals surface area contributed by atoms with E-state index in [0.717, 1.165) is 10.8 Å².